The first-order valence-corrected chi connectivity index (χ1v) is 7.30. The van der Waals surface area contributed by atoms with E-state index in [4.69, 9.17) is 15.6 Å². The van der Waals surface area contributed by atoms with Gasteiger partial charge in [-0.15, -0.1) is 0 Å². The molecule has 1 amide bonds. The third-order valence-corrected chi connectivity index (χ3v) is 3.45. The Kier molecular flexibility index (Phi) is 6.45. The summed E-state index contributed by atoms with van der Waals surface area (Å²) in [7, 11) is 0. The number of ether oxygens (including phenoxy) is 1. The van der Waals surface area contributed by atoms with Crippen LogP contribution in [0.3, 0.4) is 0 Å². The van der Waals surface area contributed by atoms with Crippen LogP contribution < -0.4 is 5.73 Å². The van der Waals surface area contributed by atoms with E-state index in [2.05, 4.69) is 0 Å². The van der Waals surface area contributed by atoms with E-state index < -0.39 is 18.1 Å². The van der Waals surface area contributed by atoms with Crippen molar-refractivity contribution in [3.05, 3.63) is 0 Å². The van der Waals surface area contributed by atoms with Crippen LogP contribution in [0.25, 0.3) is 0 Å². The van der Waals surface area contributed by atoms with Gasteiger partial charge in [0.15, 0.2) is 0 Å². The second-order valence-corrected chi connectivity index (χ2v) is 5.25. The summed E-state index contributed by atoms with van der Waals surface area (Å²) >= 11 is 1.65. The summed E-state index contributed by atoms with van der Waals surface area (Å²) < 4.78 is 5.31. The van der Waals surface area contributed by atoms with Crippen LogP contribution in [0.2, 0.25) is 0 Å². The van der Waals surface area contributed by atoms with Crippen molar-refractivity contribution in [2.45, 2.75) is 25.0 Å². The molecule has 1 aliphatic rings. The van der Waals surface area contributed by atoms with E-state index in [1.165, 1.54) is 0 Å². The molecule has 0 aromatic rings. The third kappa shape index (κ3) is 4.83. The molecule has 1 rings (SSSR count). The summed E-state index contributed by atoms with van der Waals surface area (Å²) in [4.78, 5) is 24.2. The van der Waals surface area contributed by atoms with Gasteiger partial charge in [-0.2, -0.15) is 11.8 Å². The highest BCUT2D eigenvalue weighted by atomic mass is 32.2. The molecule has 1 fully saturated rings. The summed E-state index contributed by atoms with van der Waals surface area (Å²) in [6, 6.07) is -0.499. The Hall–Kier alpha value is -0.790. The van der Waals surface area contributed by atoms with Crippen molar-refractivity contribution >= 4 is 23.6 Å². The molecule has 0 radical (unpaired) electrons. The molecule has 3 N–H and O–H groups in total. The highest BCUT2D eigenvalue weighted by Gasteiger charge is 2.28. The maximum Gasteiger partial charge on any atom is 0.306 e. The van der Waals surface area contributed by atoms with Gasteiger partial charge < -0.3 is 20.5 Å². The average molecular weight is 276 g/mol. The van der Waals surface area contributed by atoms with E-state index in [-0.39, 0.29) is 12.3 Å². The van der Waals surface area contributed by atoms with Gasteiger partial charge >= 0.3 is 5.97 Å². The number of nitrogens with zero attached hydrogens (tertiary/aromatic N) is 1. The zero-order valence-corrected chi connectivity index (χ0v) is 11.3. The number of nitrogens with two attached hydrogens (primary N) is 1. The van der Waals surface area contributed by atoms with Gasteiger partial charge in [-0.05, 0) is 18.4 Å². The van der Waals surface area contributed by atoms with E-state index in [1.807, 2.05) is 6.26 Å². The summed E-state index contributed by atoms with van der Waals surface area (Å²) in [5, 5.41) is 8.71. The monoisotopic (exact) mass is 276 g/mol. The summed E-state index contributed by atoms with van der Waals surface area (Å²) in [5.41, 5.74) is 5.82. The lowest BCUT2D eigenvalue weighted by Crippen LogP contribution is -2.51. The van der Waals surface area contributed by atoms with Crippen LogP contribution in [-0.4, -0.2) is 65.7 Å². The minimum atomic E-state index is -0.916. The van der Waals surface area contributed by atoms with Crippen molar-refractivity contribution in [2.75, 3.05) is 31.7 Å². The van der Waals surface area contributed by atoms with Crippen LogP contribution in [0.5, 0.6) is 0 Å². The number of thioether (sulfide) groups is 1. The van der Waals surface area contributed by atoms with Gasteiger partial charge in [-0.25, -0.2) is 0 Å². The molecule has 0 bridgehead atoms. The molecule has 0 aromatic heterocycles. The van der Waals surface area contributed by atoms with Crippen molar-refractivity contribution in [1.82, 2.24) is 4.90 Å². The fourth-order valence-corrected chi connectivity index (χ4v) is 2.33. The minimum Gasteiger partial charge on any atom is -0.481 e. The zero-order chi connectivity index (χ0) is 13.5. The molecule has 1 unspecified atom stereocenters. The molecule has 2 atom stereocenters. The smallest absolute Gasteiger partial charge is 0.306 e. The molecule has 6 nitrogen and oxygen atoms in total. The molecule has 18 heavy (non-hydrogen) atoms. The Morgan fingerprint density at radius 2 is 2.33 bits per heavy atom. The predicted octanol–water partition coefficient (Wildman–Crippen LogP) is -0.231. The van der Waals surface area contributed by atoms with Crippen molar-refractivity contribution in [3.63, 3.8) is 0 Å². The first-order valence-electron chi connectivity index (χ1n) is 5.91. The third-order valence-electron chi connectivity index (χ3n) is 2.80. The lowest BCUT2D eigenvalue weighted by Gasteiger charge is -2.33. The molecule has 0 saturated carbocycles. The lowest BCUT2D eigenvalue weighted by atomic mass is 10.1. The number of morpholine rings is 1. The Bertz CT molecular complexity index is 301. The highest BCUT2D eigenvalue weighted by Crippen LogP contribution is 2.11. The molecule has 7 heteroatoms. The Labute approximate surface area is 111 Å². The molecule has 1 heterocycles. The second-order valence-electron chi connectivity index (χ2n) is 4.26. The highest BCUT2D eigenvalue weighted by molar-refractivity contribution is 7.98. The maximum absolute atomic E-state index is 12.0. The topological polar surface area (TPSA) is 92.9 Å². The fourth-order valence-electron chi connectivity index (χ4n) is 1.84. The van der Waals surface area contributed by atoms with Crippen molar-refractivity contribution < 1.29 is 19.4 Å². The van der Waals surface area contributed by atoms with Gasteiger partial charge in [0, 0.05) is 13.1 Å². The van der Waals surface area contributed by atoms with Crippen LogP contribution in [0.15, 0.2) is 0 Å². The van der Waals surface area contributed by atoms with Crippen molar-refractivity contribution in [2.24, 2.45) is 5.73 Å². The van der Waals surface area contributed by atoms with Crippen LogP contribution in [0, 0.1) is 0 Å². The number of carbonyl (C=O) groups excluding carboxylic acids is 1. The number of rotatable bonds is 6. The fraction of sp³-hybridized carbons (Fsp3) is 0.818. The quantitative estimate of drug-likeness (QED) is 0.696. The number of hydrogen-bond acceptors (Lipinski definition) is 5. The molecule has 1 aliphatic heterocycles. The first kappa shape index (κ1) is 15.3. The van der Waals surface area contributed by atoms with Gasteiger partial charge in [0.05, 0.1) is 25.2 Å². The van der Waals surface area contributed by atoms with Gasteiger partial charge in [0.1, 0.15) is 0 Å². The van der Waals surface area contributed by atoms with Gasteiger partial charge in [0.25, 0.3) is 0 Å². The molecule has 0 aliphatic carbocycles. The molecule has 0 spiro atoms. The van der Waals surface area contributed by atoms with E-state index in [0.717, 1.165) is 5.75 Å². The number of carboxylic acid groups (broad SMARTS) is 1. The van der Waals surface area contributed by atoms with Gasteiger partial charge in [-0.1, -0.05) is 0 Å². The van der Waals surface area contributed by atoms with E-state index >= 15 is 0 Å². The number of carboxylic acids is 1. The number of amides is 1. The second kappa shape index (κ2) is 7.60. The normalized spacial score (nSPS) is 21.7. The maximum atomic E-state index is 12.0. The largest absolute Gasteiger partial charge is 0.481 e. The number of hydrogen-bond donors (Lipinski definition) is 2. The molecule has 104 valence electrons. The van der Waals surface area contributed by atoms with Gasteiger partial charge in [-0.3, -0.25) is 9.59 Å². The summed E-state index contributed by atoms with van der Waals surface area (Å²) in [5.74, 6) is -0.181. The van der Waals surface area contributed by atoms with Crippen molar-refractivity contribution in [3.8, 4) is 0 Å². The summed E-state index contributed by atoms with van der Waals surface area (Å²) in [6.07, 6.45) is 2.10. The lowest BCUT2D eigenvalue weighted by molar-refractivity contribution is -0.148. The van der Waals surface area contributed by atoms with Crippen LogP contribution in [0.4, 0.5) is 0 Å². The Balaban J connectivity index is 2.44. The minimum absolute atomic E-state index is 0.0795. The first-order chi connectivity index (χ1) is 8.54. The van der Waals surface area contributed by atoms with Crippen molar-refractivity contribution in [1.29, 1.82) is 0 Å². The Morgan fingerprint density at radius 1 is 1.61 bits per heavy atom. The van der Waals surface area contributed by atoms with E-state index in [0.29, 0.717) is 26.1 Å². The summed E-state index contributed by atoms with van der Waals surface area (Å²) in [6.45, 7) is 1.18. The average Bonchev–Trinajstić information content (AvgIpc) is 2.34. The zero-order valence-electron chi connectivity index (χ0n) is 10.5. The molecule has 0 aromatic carbocycles. The van der Waals surface area contributed by atoms with E-state index in [1.54, 1.807) is 16.7 Å². The SMILES string of the molecule is CSCC[C@H](N)C(=O)N1CCOC(CC(=O)O)C1. The van der Waals surface area contributed by atoms with Gasteiger partial charge in [0.2, 0.25) is 5.91 Å². The Morgan fingerprint density at radius 3 is 2.94 bits per heavy atom. The van der Waals surface area contributed by atoms with Crippen LogP contribution in [-0.2, 0) is 14.3 Å². The molecular formula is C11H20N2O4S. The predicted molar refractivity (Wildman–Crippen MR) is 69.5 cm³/mol. The van der Waals surface area contributed by atoms with Crippen LogP contribution >= 0.6 is 11.8 Å². The molecular weight excluding hydrogens is 256 g/mol. The number of aliphatic carboxylic acids is 1. The standard InChI is InChI=1S/C11H20N2O4S/c1-18-5-2-9(12)11(16)13-3-4-17-8(7-13)6-10(14)15/h8-9H,2-7,12H2,1H3,(H,14,15)/t8?,9-/m0/s1. The molecule has 1 saturated heterocycles. The van der Waals surface area contributed by atoms with Crippen LogP contribution in [0.1, 0.15) is 12.8 Å². The number of carbonyl (C=O) groups is 2. The van der Waals surface area contributed by atoms with E-state index in [9.17, 15) is 9.59 Å².